The smallest absolute Gasteiger partial charge is 0.354 e. The Kier molecular flexibility index (Phi) is 12.5. The summed E-state index contributed by atoms with van der Waals surface area (Å²) < 4.78 is 77.1. The number of hydrogen-bond acceptors (Lipinski definition) is 6. The second-order valence-corrected chi connectivity index (χ2v) is 13.5. The normalized spacial score (nSPS) is 17.2. The number of rotatable bonds is 6. The molecule has 4 N–H and O–H groups in total. The number of carbonyl (C=O) groups is 2. The summed E-state index contributed by atoms with van der Waals surface area (Å²) in [5.74, 6) is 0.932. The Balaban J connectivity index is 0.000000201. The van der Waals surface area contributed by atoms with Gasteiger partial charge in [-0.15, -0.1) is 0 Å². The van der Waals surface area contributed by atoms with Gasteiger partial charge >= 0.3 is 24.4 Å². The van der Waals surface area contributed by atoms with Crippen molar-refractivity contribution < 1.29 is 35.9 Å². The molecule has 2 aromatic heterocycles. The molecule has 52 heavy (non-hydrogen) atoms. The Bertz CT molecular complexity index is 1700. The third-order valence-electron chi connectivity index (χ3n) is 8.09. The first-order chi connectivity index (χ1) is 24.7. The summed E-state index contributed by atoms with van der Waals surface area (Å²) in [4.78, 5) is 35.7. The molecule has 18 heteroatoms. The van der Waals surface area contributed by atoms with Crippen LogP contribution >= 0.6 is 31.9 Å². The lowest BCUT2D eigenvalue weighted by molar-refractivity contribution is -0.138. The fraction of sp³-hybridized carbons (Fsp3) is 0.294. The summed E-state index contributed by atoms with van der Waals surface area (Å²) in [6.07, 6.45) is -5.77. The summed E-state index contributed by atoms with van der Waals surface area (Å²) in [6.45, 7) is 2.19. The van der Waals surface area contributed by atoms with Crippen molar-refractivity contribution >= 4 is 66.9 Å². The molecule has 0 spiro atoms. The number of para-hydroxylation sites is 2. The molecule has 2 aromatic carbocycles. The molecule has 0 saturated carbocycles. The lowest BCUT2D eigenvalue weighted by atomic mass is 10.2. The highest BCUT2D eigenvalue weighted by Crippen LogP contribution is 2.31. The fourth-order valence-corrected chi connectivity index (χ4v) is 6.23. The Labute approximate surface area is 311 Å². The van der Waals surface area contributed by atoms with Crippen LogP contribution in [0.3, 0.4) is 0 Å². The van der Waals surface area contributed by atoms with Gasteiger partial charge in [-0.2, -0.15) is 26.3 Å². The van der Waals surface area contributed by atoms with Gasteiger partial charge in [0.15, 0.2) is 0 Å². The van der Waals surface area contributed by atoms with E-state index in [1.807, 2.05) is 46.2 Å². The van der Waals surface area contributed by atoms with Crippen LogP contribution in [0.15, 0.2) is 94.1 Å². The van der Waals surface area contributed by atoms with Crippen LogP contribution < -0.4 is 31.1 Å². The van der Waals surface area contributed by atoms with Crippen molar-refractivity contribution in [3.05, 3.63) is 105 Å². The summed E-state index contributed by atoms with van der Waals surface area (Å²) >= 11 is 6.72. The van der Waals surface area contributed by atoms with Crippen molar-refractivity contribution in [1.29, 1.82) is 0 Å². The van der Waals surface area contributed by atoms with E-state index in [9.17, 15) is 35.9 Å². The zero-order chi connectivity index (χ0) is 37.5. The number of halogens is 8. The van der Waals surface area contributed by atoms with Crippen LogP contribution in [0.1, 0.15) is 24.0 Å². The van der Waals surface area contributed by atoms with E-state index in [1.54, 1.807) is 12.1 Å². The minimum atomic E-state index is -4.40. The Morgan fingerprint density at radius 1 is 0.615 bits per heavy atom. The van der Waals surface area contributed by atoms with Crippen molar-refractivity contribution in [3.8, 4) is 0 Å². The highest BCUT2D eigenvalue weighted by atomic mass is 79.9. The minimum Gasteiger partial charge on any atom is -0.354 e. The van der Waals surface area contributed by atoms with Crippen LogP contribution in [0, 0.1) is 0 Å². The van der Waals surface area contributed by atoms with E-state index < -0.39 is 23.5 Å². The highest BCUT2D eigenvalue weighted by molar-refractivity contribution is 9.11. The van der Waals surface area contributed by atoms with Gasteiger partial charge in [-0.05, 0) is 93.2 Å². The van der Waals surface area contributed by atoms with Crippen molar-refractivity contribution in [2.24, 2.45) is 0 Å². The molecule has 4 aromatic rings. The first-order valence-electron chi connectivity index (χ1n) is 15.9. The average Bonchev–Trinajstić information content (AvgIpc) is 3.76. The van der Waals surface area contributed by atoms with Crippen molar-refractivity contribution in [2.75, 3.05) is 46.6 Å². The molecule has 276 valence electrons. The Morgan fingerprint density at radius 2 is 1.00 bits per heavy atom. The van der Waals surface area contributed by atoms with Gasteiger partial charge in [0.05, 0.1) is 22.5 Å². The van der Waals surface area contributed by atoms with E-state index in [1.165, 1.54) is 12.1 Å². The number of benzene rings is 2. The monoisotopic (exact) mass is 856 g/mol. The number of nitrogens with one attached hydrogen (secondary N) is 4. The predicted molar refractivity (Wildman–Crippen MR) is 192 cm³/mol. The van der Waals surface area contributed by atoms with Crippen LogP contribution in [0.5, 0.6) is 0 Å². The molecule has 2 aliphatic heterocycles. The maximum Gasteiger partial charge on any atom is 0.417 e. The van der Waals surface area contributed by atoms with Crippen molar-refractivity contribution in [3.63, 3.8) is 0 Å². The quantitative estimate of drug-likeness (QED) is 0.145. The molecule has 0 radical (unpaired) electrons. The van der Waals surface area contributed by atoms with Gasteiger partial charge in [-0.1, -0.05) is 24.3 Å². The van der Waals surface area contributed by atoms with Crippen molar-refractivity contribution in [1.82, 2.24) is 20.6 Å². The number of pyridine rings is 2. The van der Waals surface area contributed by atoms with Gasteiger partial charge < -0.3 is 31.1 Å². The maximum absolute atomic E-state index is 12.6. The van der Waals surface area contributed by atoms with Crippen LogP contribution in [0.2, 0.25) is 0 Å². The molecule has 0 bridgehead atoms. The van der Waals surface area contributed by atoms with E-state index in [0.717, 1.165) is 33.5 Å². The SMILES string of the molecule is O=C(Nc1ccccc1Br)N[C@@H]1CCN(c2ccc(C(F)(F)F)cn2)C1.O=C(Nc1ccccc1Br)N[C@@H]1CCN(c2ccc(C(F)(F)F)cn2)C1. The standard InChI is InChI=1S/2C17H16BrF3N4O/c2*18-13-3-1-2-4-14(13)24-16(26)23-12-7-8-25(10-12)15-6-5-11(9-22-15)17(19,20)21/h2*1-6,9,12H,7-8,10H2,(H2,23,24,26)/t2*12-/m11/s1. The number of urea groups is 2. The van der Waals surface area contributed by atoms with E-state index in [4.69, 9.17) is 0 Å². The number of anilines is 4. The third-order valence-corrected chi connectivity index (χ3v) is 9.47. The summed E-state index contributed by atoms with van der Waals surface area (Å²) in [6, 6.07) is 18.4. The fourth-order valence-electron chi connectivity index (χ4n) is 5.47. The molecular formula is C34H32Br2F6N8O2. The van der Waals surface area contributed by atoms with E-state index in [-0.39, 0.29) is 24.1 Å². The first kappa shape index (κ1) is 38.6. The maximum atomic E-state index is 12.6. The van der Waals surface area contributed by atoms with Gasteiger partial charge in [0, 0.05) is 59.6 Å². The third kappa shape index (κ3) is 10.7. The first-order valence-corrected chi connectivity index (χ1v) is 17.4. The van der Waals surface area contributed by atoms with Gasteiger partial charge in [0.2, 0.25) is 0 Å². The van der Waals surface area contributed by atoms with Gasteiger partial charge in [0.25, 0.3) is 0 Å². The van der Waals surface area contributed by atoms with Gasteiger partial charge in [0.1, 0.15) is 11.6 Å². The van der Waals surface area contributed by atoms with Crippen LogP contribution in [0.4, 0.5) is 58.9 Å². The largest absolute Gasteiger partial charge is 0.417 e. The second kappa shape index (κ2) is 16.8. The molecule has 4 amide bonds. The predicted octanol–water partition coefficient (Wildman–Crippen LogP) is 8.53. The second-order valence-electron chi connectivity index (χ2n) is 11.8. The minimum absolute atomic E-state index is 0.110. The molecule has 10 nitrogen and oxygen atoms in total. The molecular weight excluding hydrogens is 826 g/mol. The molecule has 6 rings (SSSR count). The Morgan fingerprint density at radius 3 is 1.33 bits per heavy atom. The number of aromatic nitrogens is 2. The topological polar surface area (TPSA) is 115 Å². The molecule has 2 aliphatic rings. The number of carbonyl (C=O) groups excluding carboxylic acids is 2. The zero-order valence-corrected chi connectivity index (χ0v) is 30.3. The lowest BCUT2D eigenvalue weighted by Gasteiger charge is -2.19. The number of alkyl halides is 6. The molecule has 0 aliphatic carbocycles. The van der Waals surface area contributed by atoms with E-state index >= 15 is 0 Å². The average molecular weight is 858 g/mol. The van der Waals surface area contributed by atoms with Crippen LogP contribution in [-0.2, 0) is 12.4 Å². The summed E-state index contributed by atoms with van der Waals surface area (Å²) in [5.41, 5.74) is -0.237. The zero-order valence-electron chi connectivity index (χ0n) is 27.1. The van der Waals surface area contributed by atoms with E-state index in [2.05, 4.69) is 63.1 Å². The highest BCUT2D eigenvalue weighted by Gasteiger charge is 2.33. The van der Waals surface area contributed by atoms with Gasteiger partial charge in [-0.25, -0.2) is 19.6 Å². The van der Waals surface area contributed by atoms with Gasteiger partial charge in [-0.3, -0.25) is 0 Å². The lowest BCUT2D eigenvalue weighted by Crippen LogP contribution is -2.39. The van der Waals surface area contributed by atoms with E-state index in [0.29, 0.717) is 62.0 Å². The van der Waals surface area contributed by atoms with Crippen LogP contribution in [0.25, 0.3) is 0 Å². The molecule has 2 fully saturated rings. The molecule has 2 atom stereocenters. The summed E-state index contributed by atoms with van der Waals surface area (Å²) in [5, 5.41) is 11.3. The molecule has 2 saturated heterocycles. The number of hydrogen-bond donors (Lipinski definition) is 4. The van der Waals surface area contributed by atoms with Crippen LogP contribution in [-0.4, -0.2) is 60.3 Å². The molecule has 4 heterocycles. The van der Waals surface area contributed by atoms with Crippen molar-refractivity contribution in [2.45, 2.75) is 37.3 Å². The number of nitrogens with zero attached hydrogens (tertiary/aromatic N) is 4. The number of amides is 4. The molecule has 0 unspecified atom stereocenters. The Hall–Kier alpha value is -4.58. The summed E-state index contributed by atoms with van der Waals surface area (Å²) in [7, 11) is 0.